The first-order valence-electron chi connectivity index (χ1n) is 3.00. The number of hydrogen-bond donors (Lipinski definition) is 2. The number of rotatable bonds is 4. The SMILES string of the molecule is C=CCOC(C)=C(O)S(=O)(=O)O. The summed E-state index contributed by atoms with van der Waals surface area (Å²) in [5.74, 6) is -0.266. The fraction of sp³-hybridized carbons (Fsp3) is 0.333. The second-order valence-corrected chi connectivity index (χ2v) is 3.27. The number of aliphatic hydroxyl groups is 1. The van der Waals surface area contributed by atoms with Gasteiger partial charge in [-0.3, -0.25) is 4.55 Å². The molecule has 0 aromatic rings. The van der Waals surface area contributed by atoms with Crippen molar-refractivity contribution in [2.75, 3.05) is 6.61 Å². The molecule has 0 aliphatic rings. The van der Waals surface area contributed by atoms with Crippen LogP contribution in [0.3, 0.4) is 0 Å². The van der Waals surface area contributed by atoms with E-state index >= 15 is 0 Å². The van der Waals surface area contributed by atoms with Crippen LogP contribution in [0, 0.1) is 0 Å². The van der Waals surface area contributed by atoms with Gasteiger partial charge in [0.05, 0.1) is 0 Å². The number of hydrogen-bond acceptors (Lipinski definition) is 4. The van der Waals surface area contributed by atoms with Gasteiger partial charge in [-0.25, -0.2) is 0 Å². The van der Waals surface area contributed by atoms with E-state index < -0.39 is 15.2 Å². The standard InChI is InChI=1S/C6H10O5S/c1-3-4-11-5(2)6(7)12(8,9)10/h3,7H,1,4H2,2H3,(H,8,9,10). The predicted molar refractivity (Wildman–Crippen MR) is 43.0 cm³/mol. The molecule has 0 bridgehead atoms. The summed E-state index contributed by atoms with van der Waals surface area (Å²) in [7, 11) is -4.56. The van der Waals surface area contributed by atoms with Crippen molar-refractivity contribution in [3.05, 3.63) is 23.5 Å². The molecule has 0 atom stereocenters. The summed E-state index contributed by atoms with van der Waals surface area (Å²) in [6.45, 7) is 4.59. The zero-order valence-corrected chi connectivity index (χ0v) is 7.34. The first-order valence-corrected chi connectivity index (χ1v) is 4.44. The highest BCUT2D eigenvalue weighted by Crippen LogP contribution is 2.07. The van der Waals surface area contributed by atoms with Crippen LogP contribution in [0.1, 0.15) is 6.92 Å². The van der Waals surface area contributed by atoms with Crippen LogP contribution in [0.4, 0.5) is 0 Å². The van der Waals surface area contributed by atoms with E-state index in [0.717, 1.165) is 0 Å². The quantitative estimate of drug-likeness (QED) is 0.393. The van der Waals surface area contributed by atoms with E-state index in [1.807, 2.05) is 0 Å². The smallest absolute Gasteiger partial charge is 0.331 e. The lowest BCUT2D eigenvalue weighted by Gasteiger charge is -2.03. The molecule has 0 fully saturated rings. The van der Waals surface area contributed by atoms with E-state index in [0.29, 0.717) is 0 Å². The van der Waals surface area contributed by atoms with Gasteiger partial charge >= 0.3 is 10.1 Å². The molecule has 6 heteroatoms. The van der Waals surface area contributed by atoms with Crippen LogP contribution >= 0.6 is 0 Å². The van der Waals surface area contributed by atoms with Crippen molar-refractivity contribution in [2.45, 2.75) is 6.92 Å². The highest BCUT2D eigenvalue weighted by Gasteiger charge is 2.16. The Bertz CT molecular complexity index is 287. The van der Waals surface area contributed by atoms with E-state index in [1.54, 1.807) is 0 Å². The minimum absolute atomic E-state index is 0.0609. The summed E-state index contributed by atoms with van der Waals surface area (Å²) in [6, 6.07) is 0. The maximum absolute atomic E-state index is 10.3. The van der Waals surface area contributed by atoms with Crippen molar-refractivity contribution >= 4 is 10.1 Å². The van der Waals surface area contributed by atoms with Crippen molar-refractivity contribution in [1.29, 1.82) is 0 Å². The van der Waals surface area contributed by atoms with Gasteiger partial charge in [-0.1, -0.05) is 12.7 Å². The maximum Gasteiger partial charge on any atom is 0.331 e. The van der Waals surface area contributed by atoms with E-state index in [4.69, 9.17) is 9.66 Å². The molecular formula is C6H10O5S. The average molecular weight is 194 g/mol. The van der Waals surface area contributed by atoms with Crippen LogP contribution in [-0.2, 0) is 14.9 Å². The third-order valence-electron chi connectivity index (χ3n) is 0.963. The highest BCUT2D eigenvalue weighted by atomic mass is 32.2. The molecule has 5 nitrogen and oxygen atoms in total. The molecule has 2 N–H and O–H groups in total. The number of aliphatic hydroxyl groups excluding tert-OH is 1. The van der Waals surface area contributed by atoms with Gasteiger partial charge in [0.25, 0.3) is 5.09 Å². The first-order chi connectivity index (χ1) is 5.39. The van der Waals surface area contributed by atoms with Crippen molar-refractivity contribution in [1.82, 2.24) is 0 Å². The van der Waals surface area contributed by atoms with Crippen LogP contribution in [0.15, 0.2) is 23.5 Å². The number of ether oxygens (including phenoxy) is 1. The molecule has 0 saturated heterocycles. The average Bonchev–Trinajstić information content (AvgIpc) is 1.97. The molecule has 0 saturated carbocycles. The van der Waals surface area contributed by atoms with Crippen molar-refractivity contribution in [2.24, 2.45) is 0 Å². The first kappa shape index (κ1) is 11.0. The highest BCUT2D eigenvalue weighted by molar-refractivity contribution is 7.89. The summed E-state index contributed by atoms with van der Waals surface area (Å²) < 4.78 is 33.5. The molecule has 0 amide bonds. The molecule has 0 spiro atoms. The summed E-state index contributed by atoms with van der Waals surface area (Å²) in [6.07, 6.45) is 1.38. The fourth-order valence-electron chi connectivity index (χ4n) is 0.427. The summed E-state index contributed by atoms with van der Waals surface area (Å²) in [5, 5.41) is 7.59. The second kappa shape index (κ2) is 4.13. The zero-order valence-electron chi connectivity index (χ0n) is 6.52. The third kappa shape index (κ3) is 3.40. The Balaban J connectivity index is 4.59. The molecule has 70 valence electrons. The van der Waals surface area contributed by atoms with E-state index in [2.05, 4.69) is 11.3 Å². The summed E-state index contributed by atoms with van der Waals surface area (Å²) in [5.41, 5.74) is 0. The fourth-order valence-corrected chi connectivity index (χ4v) is 0.849. The van der Waals surface area contributed by atoms with Crippen molar-refractivity contribution in [3.8, 4) is 0 Å². The Morgan fingerprint density at radius 2 is 2.17 bits per heavy atom. The Morgan fingerprint density at radius 1 is 1.67 bits per heavy atom. The van der Waals surface area contributed by atoms with E-state index in [1.165, 1.54) is 13.0 Å². The van der Waals surface area contributed by atoms with Gasteiger partial charge in [-0.2, -0.15) is 8.42 Å². The third-order valence-corrected chi connectivity index (χ3v) is 1.74. The van der Waals surface area contributed by atoms with Crippen molar-refractivity contribution in [3.63, 3.8) is 0 Å². The number of allylic oxidation sites excluding steroid dienone is 1. The van der Waals surface area contributed by atoms with Gasteiger partial charge in [0.15, 0.2) is 0 Å². The van der Waals surface area contributed by atoms with Gasteiger partial charge in [-0.05, 0) is 6.92 Å². The molecular weight excluding hydrogens is 184 g/mol. The van der Waals surface area contributed by atoms with E-state index in [-0.39, 0.29) is 12.4 Å². The Kier molecular flexibility index (Phi) is 3.78. The van der Waals surface area contributed by atoms with Crippen LogP contribution in [0.5, 0.6) is 0 Å². The molecule has 0 aliphatic carbocycles. The predicted octanol–water partition coefficient (Wildman–Crippen LogP) is 0.824. The molecule has 0 radical (unpaired) electrons. The minimum atomic E-state index is -4.56. The monoisotopic (exact) mass is 194 g/mol. The lowest BCUT2D eigenvalue weighted by Crippen LogP contribution is -2.05. The second-order valence-electron chi connectivity index (χ2n) is 1.94. The van der Waals surface area contributed by atoms with Crippen LogP contribution in [0.25, 0.3) is 0 Å². The topological polar surface area (TPSA) is 83.8 Å². The van der Waals surface area contributed by atoms with Gasteiger partial charge in [-0.15, -0.1) is 0 Å². The lowest BCUT2D eigenvalue weighted by atomic mass is 10.6. The van der Waals surface area contributed by atoms with Gasteiger partial charge < -0.3 is 9.84 Å². The largest absolute Gasteiger partial charge is 0.495 e. The summed E-state index contributed by atoms with van der Waals surface area (Å²) >= 11 is 0. The maximum atomic E-state index is 10.3. The normalized spacial score (nSPS) is 13.5. The molecule has 0 aliphatic heterocycles. The van der Waals surface area contributed by atoms with Gasteiger partial charge in [0.1, 0.15) is 12.4 Å². The Morgan fingerprint density at radius 3 is 2.50 bits per heavy atom. The van der Waals surface area contributed by atoms with Gasteiger partial charge in [0, 0.05) is 0 Å². The van der Waals surface area contributed by atoms with Crippen molar-refractivity contribution < 1.29 is 22.8 Å². The molecule has 0 rings (SSSR count). The van der Waals surface area contributed by atoms with Crippen LogP contribution < -0.4 is 0 Å². The lowest BCUT2D eigenvalue weighted by molar-refractivity contribution is 0.228. The minimum Gasteiger partial charge on any atom is -0.495 e. The Hall–Kier alpha value is -1.01. The molecule has 0 heterocycles. The van der Waals surface area contributed by atoms with Crippen LogP contribution in [0.2, 0.25) is 0 Å². The molecule has 0 aromatic heterocycles. The zero-order chi connectivity index (χ0) is 9.78. The van der Waals surface area contributed by atoms with Gasteiger partial charge in [0.2, 0.25) is 0 Å². The Labute approximate surface area is 70.7 Å². The van der Waals surface area contributed by atoms with E-state index in [9.17, 15) is 8.42 Å². The summed E-state index contributed by atoms with van der Waals surface area (Å²) in [4.78, 5) is 0. The van der Waals surface area contributed by atoms with Crippen LogP contribution in [-0.4, -0.2) is 24.7 Å². The molecule has 12 heavy (non-hydrogen) atoms. The molecule has 0 unspecified atom stereocenters. The molecule has 0 aromatic carbocycles.